The van der Waals surface area contributed by atoms with Crippen molar-refractivity contribution in [2.24, 2.45) is 0 Å². The summed E-state index contributed by atoms with van der Waals surface area (Å²) in [5, 5.41) is 11.4. The van der Waals surface area contributed by atoms with Crippen LogP contribution in [0.5, 0.6) is 0 Å². The highest BCUT2D eigenvalue weighted by Crippen LogP contribution is 2.06. The van der Waals surface area contributed by atoms with E-state index in [1.54, 1.807) is 54.6 Å². The molecule has 0 spiro atoms. The molecule has 2 rings (SSSR count). The number of amides is 3. The van der Waals surface area contributed by atoms with Gasteiger partial charge in [0, 0.05) is 19.2 Å². The van der Waals surface area contributed by atoms with Crippen molar-refractivity contribution in [1.82, 2.24) is 10.2 Å². The maximum absolute atomic E-state index is 12.2. The van der Waals surface area contributed by atoms with Crippen LogP contribution in [0.15, 0.2) is 54.6 Å². The second-order valence-electron chi connectivity index (χ2n) is 5.28. The molecule has 24 heavy (non-hydrogen) atoms. The summed E-state index contributed by atoms with van der Waals surface area (Å²) in [5.41, 5.74) is 1.94. The summed E-state index contributed by atoms with van der Waals surface area (Å²) in [7, 11) is 1.42. The number of nitrogens with one attached hydrogen (secondary N) is 1. The lowest BCUT2D eigenvalue weighted by Crippen LogP contribution is -2.40. The van der Waals surface area contributed by atoms with Crippen molar-refractivity contribution in [1.29, 1.82) is 0 Å². The lowest BCUT2D eigenvalue weighted by molar-refractivity contribution is -0.136. The second-order valence-corrected chi connectivity index (χ2v) is 5.28. The molecular weight excluding hydrogens is 308 g/mol. The van der Waals surface area contributed by atoms with E-state index in [9.17, 15) is 14.4 Å². The molecule has 2 aromatic carbocycles. The Kier molecular flexibility index (Phi) is 5.68. The minimum absolute atomic E-state index is 0.0407. The normalized spacial score (nSPS) is 10.0. The summed E-state index contributed by atoms with van der Waals surface area (Å²) in [6, 6.07) is 15.0. The van der Waals surface area contributed by atoms with Gasteiger partial charge in [-0.3, -0.25) is 14.5 Å². The standard InChI is InChI=1S/C18H18N2O4/c1-20(17(23)15-5-3-2-4-6-15)18(24)19-12-14-9-7-13(8-10-14)11-16(21)22/h2-10H,11-12H2,1H3,(H,19,24)(H,21,22). The summed E-state index contributed by atoms with van der Waals surface area (Å²) in [4.78, 5) is 35.9. The van der Waals surface area contributed by atoms with Crippen LogP contribution < -0.4 is 5.32 Å². The largest absolute Gasteiger partial charge is 0.481 e. The third kappa shape index (κ3) is 4.67. The highest BCUT2D eigenvalue weighted by atomic mass is 16.4. The molecule has 0 fully saturated rings. The van der Waals surface area contributed by atoms with Crippen LogP contribution in [0.1, 0.15) is 21.5 Å². The molecule has 0 atom stereocenters. The first-order valence-corrected chi connectivity index (χ1v) is 7.38. The van der Waals surface area contributed by atoms with Gasteiger partial charge in [0.15, 0.2) is 0 Å². The summed E-state index contributed by atoms with van der Waals surface area (Å²) >= 11 is 0. The van der Waals surface area contributed by atoms with Crippen LogP contribution in [0, 0.1) is 0 Å². The third-order valence-corrected chi connectivity index (χ3v) is 3.45. The molecular formula is C18H18N2O4. The molecule has 124 valence electrons. The van der Waals surface area contributed by atoms with Gasteiger partial charge in [-0.1, -0.05) is 42.5 Å². The number of hydrogen-bond donors (Lipinski definition) is 2. The zero-order chi connectivity index (χ0) is 17.5. The first-order chi connectivity index (χ1) is 11.5. The van der Waals surface area contributed by atoms with Gasteiger partial charge in [-0.05, 0) is 23.3 Å². The van der Waals surface area contributed by atoms with Gasteiger partial charge in [0.25, 0.3) is 5.91 Å². The third-order valence-electron chi connectivity index (χ3n) is 3.45. The molecule has 6 heteroatoms. The van der Waals surface area contributed by atoms with Gasteiger partial charge in [-0.2, -0.15) is 0 Å². The molecule has 0 aliphatic rings. The van der Waals surface area contributed by atoms with Crippen LogP contribution in [0.2, 0.25) is 0 Å². The molecule has 0 unspecified atom stereocenters. The van der Waals surface area contributed by atoms with Crippen LogP contribution in [-0.4, -0.2) is 35.0 Å². The Morgan fingerprint density at radius 3 is 2.12 bits per heavy atom. The molecule has 0 saturated carbocycles. The van der Waals surface area contributed by atoms with Gasteiger partial charge < -0.3 is 10.4 Å². The Balaban J connectivity index is 1.90. The Labute approximate surface area is 139 Å². The van der Waals surface area contributed by atoms with Crippen LogP contribution in [0.25, 0.3) is 0 Å². The first-order valence-electron chi connectivity index (χ1n) is 7.38. The SMILES string of the molecule is CN(C(=O)NCc1ccc(CC(=O)O)cc1)C(=O)c1ccccc1. The van der Waals surface area contributed by atoms with Crippen LogP contribution in [0.3, 0.4) is 0 Å². The number of urea groups is 1. The number of carbonyl (C=O) groups is 3. The average molecular weight is 326 g/mol. The molecule has 2 aromatic rings. The molecule has 3 amide bonds. The van der Waals surface area contributed by atoms with Crippen molar-refractivity contribution in [2.45, 2.75) is 13.0 Å². The van der Waals surface area contributed by atoms with E-state index in [0.29, 0.717) is 11.1 Å². The topological polar surface area (TPSA) is 86.7 Å². The van der Waals surface area contributed by atoms with E-state index in [1.165, 1.54) is 7.05 Å². The van der Waals surface area contributed by atoms with Crippen LogP contribution in [0.4, 0.5) is 4.79 Å². The van der Waals surface area contributed by atoms with E-state index < -0.39 is 12.0 Å². The fourth-order valence-electron chi connectivity index (χ4n) is 2.11. The predicted molar refractivity (Wildman–Crippen MR) is 88.6 cm³/mol. The highest BCUT2D eigenvalue weighted by molar-refractivity contribution is 6.03. The molecule has 0 aromatic heterocycles. The number of benzene rings is 2. The predicted octanol–water partition coefficient (Wildman–Crippen LogP) is 2.30. The number of carbonyl (C=O) groups excluding carboxylic acids is 2. The zero-order valence-electron chi connectivity index (χ0n) is 13.2. The van der Waals surface area contributed by atoms with Crippen molar-refractivity contribution >= 4 is 17.9 Å². The Morgan fingerprint density at radius 2 is 1.54 bits per heavy atom. The number of carboxylic acid groups (broad SMARTS) is 1. The van der Waals surface area contributed by atoms with Gasteiger partial charge in [-0.25, -0.2) is 4.79 Å². The minimum Gasteiger partial charge on any atom is -0.481 e. The summed E-state index contributed by atoms with van der Waals surface area (Å²) in [6.07, 6.45) is -0.0407. The Hall–Kier alpha value is -3.15. The van der Waals surface area contributed by atoms with Crippen molar-refractivity contribution in [3.63, 3.8) is 0 Å². The summed E-state index contributed by atoms with van der Waals surface area (Å²) in [6.45, 7) is 0.249. The van der Waals surface area contributed by atoms with Crippen molar-refractivity contribution < 1.29 is 19.5 Å². The maximum Gasteiger partial charge on any atom is 0.324 e. The lowest BCUT2D eigenvalue weighted by Gasteiger charge is -2.16. The molecule has 0 heterocycles. The van der Waals surface area contributed by atoms with Gasteiger partial charge in [-0.15, -0.1) is 0 Å². The molecule has 0 saturated heterocycles. The van der Waals surface area contributed by atoms with Gasteiger partial charge >= 0.3 is 12.0 Å². The minimum atomic E-state index is -0.892. The smallest absolute Gasteiger partial charge is 0.324 e. The maximum atomic E-state index is 12.2. The molecule has 0 radical (unpaired) electrons. The Morgan fingerprint density at radius 1 is 0.958 bits per heavy atom. The molecule has 0 aliphatic heterocycles. The monoisotopic (exact) mass is 326 g/mol. The van der Waals surface area contributed by atoms with Gasteiger partial charge in [0.1, 0.15) is 0 Å². The van der Waals surface area contributed by atoms with E-state index >= 15 is 0 Å². The lowest BCUT2D eigenvalue weighted by atomic mass is 10.1. The van der Waals surface area contributed by atoms with E-state index in [1.807, 2.05) is 0 Å². The van der Waals surface area contributed by atoms with E-state index in [-0.39, 0.29) is 18.9 Å². The fourth-order valence-corrected chi connectivity index (χ4v) is 2.11. The second kappa shape index (κ2) is 7.92. The Bertz CT molecular complexity index is 726. The number of aliphatic carboxylic acids is 1. The van der Waals surface area contributed by atoms with Crippen molar-refractivity contribution in [2.75, 3.05) is 7.05 Å². The van der Waals surface area contributed by atoms with Crippen molar-refractivity contribution in [3.05, 3.63) is 71.3 Å². The molecule has 0 bridgehead atoms. The molecule has 6 nitrogen and oxygen atoms in total. The number of nitrogens with zero attached hydrogens (tertiary/aromatic N) is 1. The van der Waals surface area contributed by atoms with Crippen LogP contribution in [-0.2, 0) is 17.8 Å². The van der Waals surface area contributed by atoms with E-state index in [0.717, 1.165) is 10.5 Å². The summed E-state index contributed by atoms with van der Waals surface area (Å²) in [5.74, 6) is -1.28. The van der Waals surface area contributed by atoms with Crippen LogP contribution >= 0.6 is 0 Å². The number of hydrogen-bond acceptors (Lipinski definition) is 3. The number of carboxylic acids is 1. The fraction of sp³-hybridized carbons (Fsp3) is 0.167. The van der Waals surface area contributed by atoms with Gasteiger partial charge in [0.2, 0.25) is 0 Å². The molecule has 0 aliphatic carbocycles. The van der Waals surface area contributed by atoms with E-state index in [2.05, 4.69) is 5.32 Å². The molecule has 2 N–H and O–H groups in total. The quantitative estimate of drug-likeness (QED) is 0.882. The zero-order valence-corrected chi connectivity index (χ0v) is 13.2. The number of rotatable bonds is 5. The summed E-state index contributed by atoms with van der Waals surface area (Å²) < 4.78 is 0. The van der Waals surface area contributed by atoms with Crippen molar-refractivity contribution in [3.8, 4) is 0 Å². The average Bonchev–Trinajstić information content (AvgIpc) is 2.60. The van der Waals surface area contributed by atoms with Gasteiger partial charge in [0.05, 0.1) is 6.42 Å². The van der Waals surface area contributed by atoms with E-state index in [4.69, 9.17) is 5.11 Å². The highest BCUT2D eigenvalue weighted by Gasteiger charge is 2.17. The first kappa shape index (κ1) is 17.2. The number of imide groups is 1.